The summed E-state index contributed by atoms with van der Waals surface area (Å²) in [6.45, 7) is -0.406. The van der Waals surface area contributed by atoms with Crippen LogP contribution < -0.4 is 5.56 Å². The number of ether oxygens (including phenoxy) is 1. The third kappa shape index (κ3) is 4.55. The molecule has 8 nitrogen and oxygen atoms in total. The summed E-state index contributed by atoms with van der Waals surface area (Å²) in [6, 6.07) is 16.2. The Bertz CT molecular complexity index is 1020. The van der Waals surface area contributed by atoms with Crippen LogP contribution in [0.2, 0.25) is 0 Å². The first-order chi connectivity index (χ1) is 13.0. The van der Waals surface area contributed by atoms with Crippen molar-refractivity contribution in [3.05, 3.63) is 70.5 Å². The molecule has 0 N–H and O–H groups in total. The fraction of sp³-hybridized carbons (Fsp3) is 0.211. The first-order valence-electron chi connectivity index (χ1n) is 8.30. The minimum absolute atomic E-state index is 0.343. The van der Waals surface area contributed by atoms with Crippen molar-refractivity contribution in [2.75, 3.05) is 13.7 Å². The monoisotopic (exact) mass is 366 g/mol. The van der Waals surface area contributed by atoms with E-state index in [1.165, 1.54) is 4.90 Å². The summed E-state index contributed by atoms with van der Waals surface area (Å²) in [5, 5.41) is 7.98. The number of aromatic nitrogens is 3. The SMILES string of the molecule is CN(Cc1ccccc1)C(=O)COC(=O)Cn1nnc2ccccc2c1=O. The van der Waals surface area contributed by atoms with Crippen LogP contribution in [-0.4, -0.2) is 45.4 Å². The van der Waals surface area contributed by atoms with Crippen molar-refractivity contribution >= 4 is 22.8 Å². The fourth-order valence-electron chi connectivity index (χ4n) is 2.49. The molecular formula is C19H18N4O4. The Morgan fingerprint density at radius 1 is 1.07 bits per heavy atom. The molecule has 0 saturated heterocycles. The lowest BCUT2D eigenvalue weighted by Gasteiger charge is -2.17. The van der Waals surface area contributed by atoms with Crippen molar-refractivity contribution < 1.29 is 14.3 Å². The summed E-state index contributed by atoms with van der Waals surface area (Å²) in [4.78, 5) is 37.8. The predicted molar refractivity (Wildman–Crippen MR) is 97.7 cm³/mol. The molecule has 3 aromatic rings. The third-order valence-electron chi connectivity index (χ3n) is 3.95. The third-order valence-corrected chi connectivity index (χ3v) is 3.95. The van der Waals surface area contributed by atoms with Crippen LogP contribution in [0.15, 0.2) is 59.4 Å². The van der Waals surface area contributed by atoms with Crippen molar-refractivity contribution in [3.63, 3.8) is 0 Å². The molecule has 2 aromatic carbocycles. The Labute approximate surface area is 155 Å². The van der Waals surface area contributed by atoms with Gasteiger partial charge in [0.05, 0.1) is 5.39 Å². The molecule has 0 bridgehead atoms. The molecule has 1 amide bonds. The quantitative estimate of drug-likeness (QED) is 0.604. The highest BCUT2D eigenvalue weighted by atomic mass is 16.5. The van der Waals surface area contributed by atoms with Crippen LogP contribution in [0.4, 0.5) is 0 Å². The number of hydrogen-bond donors (Lipinski definition) is 0. The number of carbonyl (C=O) groups is 2. The van der Waals surface area contributed by atoms with Crippen molar-refractivity contribution in [1.82, 2.24) is 19.9 Å². The molecule has 3 rings (SSSR count). The van der Waals surface area contributed by atoms with Gasteiger partial charge in [-0.2, -0.15) is 4.68 Å². The van der Waals surface area contributed by atoms with Gasteiger partial charge in [-0.25, -0.2) is 0 Å². The van der Waals surface area contributed by atoms with Crippen molar-refractivity contribution in [3.8, 4) is 0 Å². The zero-order chi connectivity index (χ0) is 19.2. The minimum atomic E-state index is -0.733. The molecule has 0 unspecified atom stereocenters. The van der Waals surface area contributed by atoms with E-state index in [0.717, 1.165) is 10.2 Å². The average Bonchev–Trinajstić information content (AvgIpc) is 2.69. The van der Waals surface area contributed by atoms with Crippen LogP contribution in [0.3, 0.4) is 0 Å². The van der Waals surface area contributed by atoms with E-state index in [9.17, 15) is 14.4 Å². The largest absolute Gasteiger partial charge is 0.454 e. The second-order valence-corrected chi connectivity index (χ2v) is 5.97. The van der Waals surface area contributed by atoms with Crippen LogP contribution >= 0.6 is 0 Å². The van der Waals surface area contributed by atoms with E-state index >= 15 is 0 Å². The van der Waals surface area contributed by atoms with Gasteiger partial charge in [0.2, 0.25) is 0 Å². The molecule has 1 aromatic heterocycles. The van der Waals surface area contributed by atoms with Gasteiger partial charge in [0.1, 0.15) is 12.1 Å². The second-order valence-electron chi connectivity index (χ2n) is 5.97. The Balaban J connectivity index is 1.56. The van der Waals surface area contributed by atoms with E-state index in [1.54, 1.807) is 31.3 Å². The van der Waals surface area contributed by atoms with Gasteiger partial charge in [-0.15, -0.1) is 5.10 Å². The van der Waals surface area contributed by atoms with Crippen LogP contribution in [0.1, 0.15) is 5.56 Å². The Morgan fingerprint density at radius 3 is 2.56 bits per heavy atom. The van der Waals surface area contributed by atoms with E-state index in [2.05, 4.69) is 10.3 Å². The Kier molecular flexibility index (Phi) is 5.55. The number of hydrogen-bond acceptors (Lipinski definition) is 6. The maximum Gasteiger partial charge on any atom is 0.328 e. The zero-order valence-corrected chi connectivity index (χ0v) is 14.7. The van der Waals surface area contributed by atoms with E-state index < -0.39 is 24.7 Å². The number of carbonyl (C=O) groups excluding carboxylic acids is 2. The molecule has 27 heavy (non-hydrogen) atoms. The fourth-order valence-corrected chi connectivity index (χ4v) is 2.49. The van der Waals surface area contributed by atoms with Gasteiger partial charge in [-0.05, 0) is 17.7 Å². The molecule has 0 atom stereocenters. The number of fused-ring (bicyclic) bond motifs is 1. The van der Waals surface area contributed by atoms with Gasteiger partial charge in [0.15, 0.2) is 6.61 Å². The van der Waals surface area contributed by atoms with Crippen LogP contribution in [-0.2, 0) is 27.4 Å². The van der Waals surface area contributed by atoms with Crippen molar-refractivity contribution in [2.24, 2.45) is 0 Å². The van der Waals surface area contributed by atoms with Gasteiger partial charge in [0, 0.05) is 13.6 Å². The van der Waals surface area contributed by atoms with E-state index in [0.29, 0.717) is 17.4 Å². The van der Waals surface area contributed by atoms with Crippen LogP contribution in [0.5, 0.6) is 0 Å². The summed E-state index contributed by atoms with van der Waals surface area (Å²) >= 11 is 0. The summed E-state index contributed by atoms with van der Waals surface area (Å²) in [6.07, 6.45) is 0. The Hall–Kier alpha value is -3.55. The normalized spacial score (nSPS) is 10.6. The number of esters is 1. The predicted octanol–water partition coefficient (Wildman–Crippen LogP) is 0.993. The minimum Gasteiger partial charge on any atom is -0.454 e. The molecule has 138 valence electrons. The van der Waals surface area contributed by atoms with Gasteiger partial charge < -0.3 is 9.64 Å². The molecule has 1 heterocycles. The van der Waals surface area contributed by atoms with Gasteiger partial charge in [-0.1, -0.05) is 47.7 Å². The highest BCUT2D eigenvalue weighted by Gasteiger charge is 2.14. The summed E-state index contributed by atoms with van der Waals surface area (Å²) < 4.78 is 5.90. The van der Waals surface area contributed by atoms with Crippen LogP contribution in [0, 0.1) is 0 Å². The smallest absolute Gasteiger partial charge is 0.328 e. The maximum absolute atomic E-state index is 12.3. The number of rotatable bonds is 6. The highest BCUT2D eigenvalue weighted by molar-refractivity contribution is 5.80. The summed E-state index contributed by atoms with van der Waals surface area (Å²) in [5.74, 6) is -1.08. The topological polar surface area (TPSA) is 94.4 Å². The highest BCUT2D eigenvalue weighted by Crippen LogP contribution is 2.04. The van der Waals surface area contributed by atoms with Gasteiger partial charge in [-0.3, -0.25) is 14.4 Å². The molecule has 0 aliphatic carbocycles. The lowest BCUT2D eigenvalue weighted by molar-refractivity contribution is -0.152. The molecule has 0 fully saturated rings. The van der Waals surface area contributed by atoms with Crippen LogP contribution in [0.25, 0.3) is 10.9 Å². The van der Waals surface area contributed by atoms with Crippen molar-refractivity contribution in [2.45, 2.75) is 13.1 Å². The van der Waals surface area contributed by atoms with Gasteiger partial charge >= 0.3 is 5.97 Å². The zero-order valence-electron chi connectivity index (χ0n) is 14.7. The Morgan fingerprint density at radius 2 is 1.78 bits per heavy atom. The number of likely N-dealkylation sites (N-methyl/N-ethyl adjacent to an activating group) is 1. The molecular weight excluding hydrogens is 348 g/mol. The standard InChI is InChI=1S/C19H18N4O4/c1-22(11-14-7-3-2-4-8-14)17(24)13-27-18(25)12-23-19(26)15-9-5-6-10-16(15)20-21-23/h2-10H,11-13H2,1H3. The molecule has 0 saturated carbocycles. The van der Waals surface area contributed by atoms with E-state index in [4.69, 9.17) is 4.74 Å². The second kappa shape index (κ2) is 8.22. The summed E-state index contributed by atoms with van der Waals surface area (Å²) in [7, 11) is 1.63. The van der Waals surface area contributed by atoms with Gasteiger partial charge in [0.25, 0.3) is 11.5 Å². The summed E-state index contributed by atoms with van der Waals surface area (Å²) in [5.41, 5.74) is 0.979. The number of nitrogens with zero attached hydrogens (tertiary/aromatic N) is 4. The maximum atomic E-state index is 12.3. The number of amides is 1. The van der Waals surface area contributed by atoms with Crippen molar-refractivity contribution in [1.29, 1.82) is 0 Å². The van der Waals surface area contributed by atoms with E-state index in [-0.39, 0.29) is 5.91 Å². The molecule has 0 spiro atoms. The lowest BCUT2D eigenvalue weighted by Crippen LogP contribution is -2.33. The molecule has 0 radical (unpaired) electrons. The first-order valence-corrected chi connectivity index (χ1v) is 8.30. The molecule has 0 aliphatic heterocycles. The first kappa shape index (κ1) is 18.2. The molecule has 8 heteroatoms. The average molecular weight is 366 g/mol. The number of benzene rings is 2. The lowest BCUT2D eigenvalue weighted by atomic mass is 10.2. The van der Waals surface area contributed by atoms with E-state index in [1.807, 2.05) is 30.3 Å². The molecule has 0 aliphatic rings.